The van der Waals surface area contributed by atoms with Crippen LogP contribution >= 0.6 is 0 Å². The van der Waals surface area contributed by atoms with Crippen molar-refractivity contribution in [2.24, 2.45) is 0 Å². The molecule has 0 aliphatic carbocycles. The average Bonchev–Trinajstić information content (AvgIpc) is 2.55. The summed E-state index contributed by atoms with van der Waals surface area (Å²) in [5.74, 6) is 0.211. The summed E-state index contributed by atoms with van der Waals surface area (Å²) in [5, 5.41) is 7.39. The van der Waals surface area contributed by atoms with Crippen LogP contribution in [0.3, 0.4) is 0 Å². The fourth-order valence-corrected chi connectivity index (χ4v) is 2.21. The molecule has 0 aromatic carbocycles. The van der Waals surface area contributed by atoms with Crippen LogP contribution in [-0.4, -0.2) is 50.7 Å². The molecular weight excluding hydrogens is 272 g/mol. The van der Waals surface area contributed by atoms with E-state index in [1.165, 1.54) is 18.6 Å². The molecule has 0 unspecified atom stereocenters. The van der Waals surface area contributed by atoms with Gasteiger partial charge in [-0.25, -0.2) is 4.98 Å². The van der Waals surface area contributed by atoms with Crippen molar-refractivity contribution in [3.63, 3.8) is 0 Å². The lowest BCUT2D eigenvalue weighted by Crippen LogP contribution is -2.42. The van der Waals surface area contributed by atoms with Crippen molar-refractivity contribution in [3.05, 3.63) is 42.1 Å². The van der Waals surface area contributed by atoms with Crippen LogP contribution in [0.5, 0.6) is 0 Å². The SMILES string of the molecule is Nc1nccnc1[C@@H]1CN(C(=O)c2ccnnc2)CCO1. The van der Waals surface area contributed by atoms with Gasteiger partial charge in [-0.2, -0.15) is 10.2 Å². The molecule has 2 aromatic heterocycles. The summed E-state index contributed by atoms with van der Waals surface area (Å²) in [6.07, 6.45) is 5.65. The van der Waals surface area contributed by atoms with E-state index in [9.17, 15) is 4.79 Å². The van der Waals surface area contributed by atoms with Crippen molar-refractivity contribution in [1.82, 2.24) is 25.1 Å². The molecule has 2 aromatic rings. The van der Waals surface area contributed by atoms with Gasteiger partial charge in [-0.1, -0.05) is 0 Å². The Morgan fingerprint density at radius 3 is 2.90 bits per heavy atom. The lowest BCUT2D eigenvalue weighted by Gasteiger charge is -2.32. The number of carbonyl (C=O) groups excluding carboxylic acids is 1. The summed E-state index contributed by atoms with van der Waals surface area (Å²) >= 11 is 0. The minimum atomic E-state index is -0.369. The molecule has 21 heavy (non-hydrogen) atoms. The second-order valence-corrected chi connectivity index (χ2v) is 4.57. The Kier molecular flexibility index (Phi) is 3.69. The molecule has 3 rings (SSSR count). The van der Waals surface area contributed by atoms with Gasteiger partial charge in [-0.05, 0) is 6.07 Å². The molecule has 8 heteroatoms. The highest BCUT2D eigenvalue weighted by molar-refractivity contribution is 5.93. The fourth-order valence-electron chi connectivity index (χ4n) is 2.21. The van der Waals surface area contributed by atoms with E-state index in [2.05, 4.69) is 20.2 Å². The third kappa shape index (κ3) is 2.79. The molecule has 0 bridgehead atoms. The van der Waals surface area contributed by atoms with E-state index >= 15 is 0 Å². The highest BCUT2D eigenvalue weighted by Crippen LogP contribution is 2.24. The first-order chi connectivity index (χ1) is 10.3. The first-order valence-electron chi connectivity index (χ1n) is 6.49. The number of amides is 1. The molecule has 1 atom stereocenters. The quantitative estimate of drug-likeness (QED) is 0.831. The highest BCUT2D eigenvalue weighted by atomic mass is 16.5. The largest absolute Gasteiger partial charge is 0.382 e. The van der Waals surface area contributed by atoms with E-state index in [0.29, 0.717) is 36.8 Å². The van der Waals surface area contributed by atoms with Crippen molar-refractivity contribution in [1.29, 1.82) is 0 Å². The van der Waals surface area contributed by atoms with Crippen LogP contribution in [0.4, 0.5) is 5.82 Å². The number of nitrogens with two attached hydrogens (primary N) is 1. The standard InChI is InChI=1S/C13H14N6O2/c14-12-11(15-3-4-16-12)10-8-19(5-6-21-10)13(20)9-1-2-17-18-7-9/h1-4,7,10H,5-6,8H2,(H2,14,16)/t10-/m0/s1. The number of carbonyl (C=O) groups is 1. The van der Waals surface area contributed by atoms with Gasteiger partial charge < -0.3 is 15.4 Å². The number of nitrogen functional groups attached to an aromatic ring is 1. The van der Waals surface area contributed by atoms with Crippen LogP contribution < -0.4 is 5.73 Å². The van der Waals surface area contributed by atoms with E-state index < -0.39 is 0 Å². The van der Waals surface area contributed by atoms with E-state index in [0.717, 1.165) is 0 Å². The minimum absolute atomic E-state index is 0.110. The minimum Gasteiger partial charge on any atom is -0.382 e. The topological polar surface area (TPSA) is 107 Å². The van der Waals surface area contributed by atoms with Gasteiger partial charge >= 0.3 is 0 Å². The summed E-state index contributed by atoms with van der Waals surface area (Å²) in [7, 11) is 0. The number of morpholine rings is 1. The second kappa shape index (κ2) is 5.80. The third-order valence-corrected chi connectivity index (χ3v) is 3.25. The number of ether oxygens (including phenoxy) is 1. The zero-order valence-corrected chi connectivity index (χ0v) is 11.2. The van der Waals surface area contributed by atoms with Gasteiger partial charge in [0.25, 0.3) is 5.91 Å². The van der Waals surface area contributed by atoms with Gasteiger partial charge in [0.1, 0.15) is 17.6 Å². The maximum absolute atomic E-state index is 12.4. The van der Waals surface area contributed by atoms with Gasteiger partial charge in [-0.15, -0.1) is 0 Å². The molecule has 0 radical (unpaired) electrons. The second-order valence-electron chi connectivity index (χ2n) is 4.57. The van der Waals surface area contributed by atoms with Crippen LogP contribution in [0.15, 0.2) is 30.9 Å². The van der Waals surface area contributed by atoms with Crippen molar-refractivity contribution >= 4 is 11.7 Å². The molecule has 1 saturated heterocycles. The Morgan fingerprint density at radius 2 is 2.14 bits per heavy atom. The van der Waals surface area contributed by atoms with Gasteiger partial charge in [0.05, 0.1) is 31.1 Å². The van der Waals surface area contributed by atoms with E-state index in [4.69, 9.17) is 10.5 Å². The number of nitrogens with zero attached hydrogens (tertiary/aromatic N) is 5. The maximum atomic E-state index is 12.4. The predicted octanol–water partition coefficient (Wildman–Crippen LogP) is 0.0625. The molecule has 0 saturated carbocycles. The average molecular weight is 286 g/mol. The monoisotopic (exact) mass is 286 g/mol. The Labute approximate surface area is 121 Å². The molecular formula is C13H14N6O2. The molecule has 108 valence electrons. The summed E-state index contributed by atoms with van der Waals surface area (Å²) < 4.78 is 5.66. The molecule has 2 N–H and O–H groups in total. The van der Waals surface area contributed by atoms with Crippen LogP contribution in [0.1, 0.15) is 22.2 Å². The molecule has 0 spiro atoms. The van der Waals surface area contributed by atoms with Crippen molar-refractivity contribution in [2.45, 2.75) is 6.10 Å². The van der Waals surface area contributed by atoms with Crippen LogP contribution in [-0.2, 0) is 4.74 Å². The fraction of sp³-hybridized carbons (Fsp3) is 0.308. The Hall–Kier alpha value is -2.61. The number of hydrogen-bond donors (Lipinski definition) is 1. The lowest BCUT2D eigenvalue weighted by atomic mass is 10.1. The van der Waals surface area contributed by atoms with E-state index in [1.54, 1.807) is 17.2 Å². The van der Waals surface area contributed by atoms with Gasteiger partial charge in [-0.3, -0.25) is 9.78 Å². The first-order valence-corrected chi connectivity index (χ1v) is 6.49. The zero-order chi connectivity index (χ0) is 14.7. The lowest BCUT2D eigenvalue weighted by molar-refractivity contribution is -0.0245. The van der Waals surface area contributed by atoms with Crippen LogP contribution in [0.25, 0.3) is 0 Å². The first kappa shape index (κ1) is 13.4. The Balaban J connectivity index is 1.77. The van der Waals surface area contributed by atoms with Gasteiger partial charge in [0.15, 0.2) is 0 Å². The van der Waals surface area contributed by atoms with Gasteiger partial charge in [0.2, 0.25) is 0 Å². The summed E-state index contributed by atoms with van der Waals surface area (Å²) in [6.45, 7) is 1.31. The Morgan fingerprint density at radius 1 is 1.29 bits per heavy atom. The Bertz CT molecular complexity index is 636. The third-order valence-electron chi connectivity index (χ3n) is 3.25. The summed E-state index contributed by atoms with van der Waals surface area (Å²) in [6, 6.07) is 1.64. The number of anilines is 1. The van der Waals surface area contributed by atoms with Crippen LogP contribution in [0.2, 0.25) is 0 Å². The van der Waals surface area contributed by atoms with E-state index in [1.807, 2.05) is 0 Å². The van der Waals surface area contributed by atoms with Gasteiger partial charge in [0, 0.05) is 18.9 Å². The van der Waals surface area contributed by atoms with E-state index in [-0.39, 0.29) is 12.0 Å². The molecule has 3 heterocycles. The number of rotatable bonds is 2. The maximum Gasteiger partial charge on any atom is 0.255 e. The molecule has 1 aliphatic rings. The van der Waals surface area contributed by atoms with Crippen LogP contribution in [0, 0.1) is 0 Å². The molecule has 1 fully saturated rings. The van der Waals surface area contributed by atoms with Crippen molar-refractivity contribution in [2.75, 3.05) is 25.4 Å². The van der Waals surface area contributed by atoms with Crippen molar-refractivity contribution < 1.29 is 9.53 Å². The zero-order valence-electron chi connectivity index (χ0n) is 11.2. The number of aromatic nitrogens is 4. The summed E-state index contributed by atoms with van der Waals surface area (Å²) in [4.78, 5) is 22.3. The predicted molar refractivity (Wildman–Crippen MR) is 73.1 cm³/mol. The normalized spacial score (nSPS) is 18.5. The molecule has 8 nitrogen and oxygen atoms in total. The number of hydrogen-bond acceptors (Lipinski definition) is 7. The van der Waals surface area contributed by atoms with Crippen molar-refractivity contribution in [3.8, 4) is 0 Å². The molecule has 1 amide bonds. The molecule has 1 aliphatic heterocycles. The smallest absolute Gasteiger partial charge is 0.255 e. The summed E-state index contributed by atoms with van der Waals surface area (Å²) in [5.41, 5.74) is 6.86. The highest BCUT2D eigenvalue weighted by Gasteiger charge is 2.28.